The summed E-state index contributed by atoms with van der Waals surface area (Å²) in [5, 5.41) is 7.38. The second-order valence-electron chi connectivity index (χ2n) is 6.39. The van der Waals surface area contributed by atoms with Gasteiger partial charge in [0.2, 0.25) is 0 Å². The summed E-state index contributed by atoms with van der Waals surface area (Å²) in [6.45, 7) is 0.489. The molecule has 142 valence electrons. The fourth-order valence-corrected chi connectivity index (χ4v) is 3.77. The van der Waals surface area contributed by atoms with Gasteiger partial charge < -0.3 is 4.74 Å². The number of hydrogen-bond acceptors (Lipinski definition) is 5. The molecule has 5 nitrogen and oxygen atoms in total. The molecule has 29 heavy (non-hydrogen) atoms. The minimum atomic E-state index is 0.489. The second kappa shape index (κ2) is 7.66. The van der Waals surface area contributed by atoms with Crippen LogP contribution < -0.4 is 4.74 Å². The van der Waals surface area contributed by atoms with Gasteiger partial charge in [0.1, 0.15) is 12.4 Å². The van der Waals surface area contributed by atoms with E-state index in [1.165, 1.54) is 0 Å². The van der Waals surface area contributed by atoms with Crippen LogP contribution >= 0.6 is 22.9 Å². The van der Waals surface area contributed by atoms with E-state index in [1.807, 2.05) is 72.1 Å². The standard InChI is InChI=1S/C22H15ClN4OS/c23-17-7-3-15(4-8-17)14-28-18-9-5-16(6-10-18)19-11-12-24-22-25-21(26-27(19)22)20-2-1-13-29-20/h1-13H,14H2. The Morgan fingerprint density at radius 2 is 1.79 bits per heavy atom. The highest BCUT2D eigenvalue weighted by atomic mass is 35.5. The van der Waals surface area contributed by atoms with Crippen molar-refractivity contribution in [1.82, 2.24) is 19.6 Å². The molecule has 0 aliphatic heterocycles. The minimum absolute atomic E-state index is 0.489. The highest BCUT2D eigenvalue weighted by Crippen LogP contribution is 2.26. The third kappa shape index (κ3) is 3.72. The summed E-state index contributed by atoms with van der Waals surface area (Å²) in [6, 6.07) is 21.5. The van der Waals surface area contributed by atoms with Gasteiger partial charge >= 0.3 is 0 Å². The summed E-state index contributed by atoms with van der Waals surface area (Å²) in [7, 11) is 0. The van der Waals surface area contributed by atoms with Crippen molar-refractivity contribution in [2.75, 3.05) is 0 Å². The zero-order chi connectivity index (χ0) is 19.6. The molecule has 0 spiro atoms. The lowest BCUT2D eigenvalue weighted by Crippen LogP contribution is -1.97. The molecule has 0 unspecified atom stereocenters. The lowest BCUT2D eigenvalue weighted by Gasteiger charge is -2.08. The molecule has 0 aliphatic rings. The Labute approximate surface area is 176 Å². The van der Waals surface area contributed by atoms with Crippen molar-refractivity contribution in [3.63, 3.8) is 0 Å². The van der Waals surface area contributed by atoms with E-state index in [0.717, 1.165) is 32.5 Å². The lowest BCUT2D eigenvalue weighted by molar-refractivity contribution is 0.306. The van der Waals surface area contributed by atoms with E-state index in [-0.39, 0.29) is 0 Å². The van der Waals surface area contributed by atoms with E-state index < -0.39 is 0 Å². The normalized spacial score (nSPS) is 11.1. The predicted octanol–water partition coefficient (Wildman–Crippen LogP) is 5.75. The summed E-state index contributed by atoms with van der Waals surface area (Å²) in [6.07, 6.45) is 1.75. The molecule has 5 rings (SSSR count). The van der Waals surface area contributed by atoms with Crippen LogP contribution in [0.15, 0.2) is 78.3 Å². The van der Waals surface area contributed by atoms with E-state index in [9.17, 15) is 0 Å². The molecule has 0 saturated carbocycles. The van der Waals surface area contributed by atoms with Crippen molar-refractivity contribution < 1.29 is 4.74 Å². The summed E-state index contributed by atoms with van der Waals surface area (Å²) < 4.78 is 7.65. The minimum Gasteiger partial charge on any atom is -0.489 e. The van der Waals surface area contributed by atoms with Crippen molar-refractivity contribution >= 4 is 28.7 Å². The Morgan fingerprint density at radius 1 is 0.966 bits per heavy atom. The van der Waals surface area contributed by atoms with Crippen LogP contribution in [0.3, 0.4) is 0 Å². The first-order valence-electron chi connectivity index (χ1n) is 9.00. The van der Waals surface area contributed by atoms with Crippen LogP contribution in [0.4, 0.5) is 0 Å². The van der Waals surface area contributed by atoms with Crippen LogP contribution in [-0.4, -0.2) is 19.6 Å². The molecular formula is C22H15ClN4OS. The number of thiophene rings is 1. The highest BCUT2D eigenvalue weighted by Gasteiger charge is 2.12. The molecule has 3 heterocycles. The smallest absolute Gasteiger partial charge is 0.253 e. The molecule has 3 aromatic heterocycles. The third-order valence-corrected chi connectivity index (χ3v) is 5.57. The summed E-state index contributed by atoms with van der Waals surface area (Å²) >= 11 is 7.53. The topological polar surface area (TPSA) is 52.3 Å². The first-order chi connectivity index (χ1) is 14.3. The van der Waals surface area contributed by atoms with E-state index >= 15 is 0 Å². The Balaban J connectivity index is 1.39. The van der Waals surface area contributed by atoms with Crippen LogP contribution in [0.1, 0.15) is 5.56 Å². The maximum absolute atomic E-state index is 5.92. The molecule has 0 radical (unpaired) electrons. The van der Waals surface area contributed by atoms with Gasteiger partial charge in [-0.3, -0.25) is 0 Å². The van der Waals surface area contributed by atoms with Gasteiger partial charge in [-0.05, 0) is 59.5 Å². The average Bonchev–Trinajstić information content (AvgIpc) is 3.43. The van der Waals surface area contributed by atoms with Gasteiger partial charge in [0.25, 0.3) is 5.78 Å². The highest BCUT2D eigenvalue weighted by molar-refractivity contribution is 7.13. The maximum atomic E-state index is 5.92. The third-order valence-electron chi connectivity index (χ3n) is 4.45. The van der Waals surface area contributed by atoms with Crippen molar-refractivity contribution in [3.05, 3.63) is 88.9 Å². The first-order valence-corrected chi connectivity index (χ1v) is 10.3. The van der Waals surface area contributed by atoms with Gasteiger partial charge in [-0.25, -0.2) is 4.98 Å². The summed E-state index contributed by atoms with van der Waals surface area (Å²) in [5.41, 5.74) is 3.01. The number of nitrogens with zero attached hydrogens (tertiary/aromatic N) is 4. The number of benzene rings is 2. The predicted molar refractivity (Wildman–Crippen MR) is 115 cm³/mol. The molecule has 7 heteroatoms. The van der Waals surface area contributed by atoms with Crippen LogP contribution in [0.2, 0.25) is 5.02 Å². The van der Waals surface area contributed by atoms with Gasteiger partial charge in [-0.1, -0.05) is 29.8 Å². The van der Waals surface area contributed by atoms with E-state index in [1.54, 1.807) is 22.0 Å². The molecule has 0 N–H and O–H groups in total. The number of halogens is 1. The average molecular weight is 419 g/mol. The van der Waals surface area contributed by atoms with Gasteiger partial charge in [-0.2, -0.15) is 9.50 Å². The zero-order valence-electron chi connectivity index (χ0n) is 15.2. The van der Waals surface area contributed by atoms with Crippen molar-refractivity contribution in [3.8, 4) is 27.7 Å². The molecule has 0 amide bonds. The molecule has 0 fully saturated rings. The molecule has 0 atom stereocenters. The fourth-order valence-electron chi connectivity index (χ4n) is 2.99. The second-order valence-corrected chi connectivity index (χ2v) is 7.78. The Hall–Kier alpha value is -3.22. The van der Waals surface area contributed by atoms with Gasteiger partial charge in [0.15, 0.2) is 5.82 Å². The molecule has 2 aromatic carbocycles. The Kier molecular flexibility index (Phi) is 4.71. The summed E-state index contributed by atoms with van der Waals surface area (Å²) in [5.74, 6) is 2.06. The first kappa shape index (κ1) is 17.8. The van der Waals surface area contributed by atoms with Crippen molar-refractivity contribution in [2.45, 2.75) is 6.61 Å². The van der Waals surface area contributed by atoms with Crippen LogP contribution in [0.25, 0.3) is 27.7 Å². The van der Waals surface area contributed by atoms with Crippen LogP contribution in [0.5, 0.6) is 5.75 Å². The number of ether oxygens (including phenoxy) is 1. The zero-order valence-corrected chi connectivity index (χ0v) is 16.8. The molecule has 0 bridgehead atoms. The SMILES string of the molecule is Clc1ccc(COc2ccc(-c3ccnc4nc(-c5cccs5)nn34)cc2)cc1. The Morgan fingerprint density at radius 3 is 2.55 bits per heavy atom. The van der Waals surface area contributed by atoms with Crippen LogP contribution in [0, 0.1) is 0 Å². The van der Waals surface area contributed by atoms with Crippen LogP contribution in [-0.2, 0) is 6.61 Å². The molecule has 0 aliphatic carbocycles. The van der Waals surface area contributed by atoms with Gasteiger partial charge in [0.05, 0.1) is 10.6 Å². The number of hydrogen-bond donors (Lipinski definition) is 0. The van der Waals surface area contributed by atoms with Gasteiger partial charge in [-0.15, -0.1) is 16.4 Å². The molecular weight excluding hydrogens is 404 g/mol. The maximum Gasteiger partial charge on any atom is 0.253 e. The van der Waals surface area contributed by atoms with Crippen molar-refractivity contribution in [1.29, 1.82) is 0 Å². The fraction of sp³-hybridized carbons (Fsp3) is 0.0455. The monoisotopic (exact) mass is 418 g/mol. The molecule has 0 saturated heterocycles. The number of rotatable bonds is 5. The van der Waals surface area contributed by atoms with E-state index in [2.05, 4.69) is 15.1 Å². The van der Waals surface area contributed by atoms with E-state index in [4.69, 9.17) is 16.3 Å². The quantitative estimate of drug-likeness (QED) is 0.364. The largest absolute Gasteiger partial charge is 0.489 e. The molecule has 5 aromatic rings. The summed E-state index contributed by atoms with van der Waals surface area (Å²) in [4.78, 5) is 9.91. The Bertz CT molecular complexity index is 1250. The number of aromatic nitrogens is 4. The van der Waals surface area contributed by atoms with Gasteiger partial charge in [0, 0.05) is 16.8 Å². The number of fused-ring (bicyclic) bond motifs is 1. The van der Waals surface area contributed by atoms with Crippen molar-refractivity contribution in [2.24, 2.45) is 0 Å². The van der Waals surface area contributed by atoms with E-state index in [0.29, 0.717) is 18.2 Å². The lowest BCUT2D eigenvalue weighted by atomic mass is 10.1.